The summed E-state index contributed by atoms with van der Waals surface area (Å²) in [4.78, 5) is 0. The van der Waals surface area contributed by atoms with Gasteiger partial charge in [-0.15, -0.1) is 15.7 Å². The minimum absolute atomic E-state index is 0.165. The molecule has 0 aliphatic carbocycles. The van der Waals surface area contributed by atoms with E-state index in [0.717, 1.165) is 11.3 Å². The molecule has 0 saturated heterocycles. The van der Waals surface area contributed by atoms with Crippen molar-refractivity contribution in [2.45, 2.75) is 4.21 Å². The number of hydrogen-bond donors (Lipinski definition) is 1. The summed E-state index contributed by atoms with van der Waals surface area (Å²) in [6.07, 6.45) is 0. The fourth-order valence-electron chi connectivity index (χ4n) is 2.04. The maximum Gasteiger partial charge on any atom is 0.293 e. The van der Waals surface area contributed by atoms with Crippen LogP contribution in [-0.2, 0) is 10.0 Å². The zero-order valence-electron chi connectivity index (χ0n) is 12.7. The smallest absolute Gasteiger partial charge is 0.293 e. The third-order valence-corrected chi connectivity index (χ3v) is 6.40. The molecule has 25 heavy (non-hydrogen) atoms. The molecule has 1 heterocycles. The van der Waals surface area contributed by atoms with Crippen molar-refractivity contribution in [1.82, 2.24) is 0 Å². The molecular formula is C17H12Cl2N2O2S2. The van der Waals surface area contributed by atoms with Crippen LogP contribution >= 0.6 is 34.5 Å². The molecule has 0 fully saturated rings. The van der Waals surface area contributed by atoms with E-state index in [2.05, 4.69) is 9.71 Å². The topological polar surface area (TPSA) is 58.5 Å². The lowest BCUT2D eigenvalue weighted by atomic mass is 10.2. The van der Waals surface area contributed by atoms with E-state index in [4.69, 9.17) is 23.2 Å². The van der Waals surface area contributed by atoms with Gasteiger partial charge in [-0.05, 0) is 29.6 Å². The molecule has 1 N–H and O–H groups in total. The molecule has 0 aliphatic heterocycles. The number of amidine groups is 1. The summed E-state index contributed by atoms with van der Waals surface area (Å²) in [6.45, 7) is 0. The second-order valence-corrected chi connectivity index (χ2v) is 8.58. The molecule has 2 aromatic carbocycles. The van der Waals surface area contributed by atoms with Gasteiger partial charge in [0, 0.05) is 10.6 Å². The highest BCUT2D eigenvalue weighted by atomic mass is 35.5. The largest absolute Gasteiger partial charge is 0.338 e. The average molecular weight is 411 g/mol. The van der Waals surface area contributed by atoms with Crippen LogP contribution in [0.15, 0.2) is 74.7 Å². The number of nitrogens with zero attached hydrogens (tertiary/aromatic N) is 1. The van der Waals surface area contributed by atoms with Crippen molar-refractivity contribution in [3.63, 3.8) is 0 Å². The van der Waals surface area contributed by atoms with Crippen LogP contribution in [0, 0.1) is 0 Å². The van der Waals surface area contributed by atoms with Gasteiger partial charge in [0.1, 0.15) is 4.21 Å². The minimum atomic E-state index is -3.84. The zero-order valence-corrected chi connectivity index (χ0v) is 15.8. The predicted molar refractivity (Wildman–Crippen MR) is 105 cm³/mol. The van der Waals surface area contributed by atoms with Crippen molar-refractivity contribution in [3.8, 4) is 0 Å². The van der Waals surface area contributed by atoms with Crippen molar-refractivity contribution in [3.05, 3.63) is 81.7 Å². The summed E-state index contributed by atoms with van der Waals surface area (Å²) in [5.41, 5.74) is 1.08. The van der Waals surface area contributed by atoms with Crippen LogP contribution in [0.2, 0.25) is 10.0 Å². The molecule has 0 bridgehead atoms. The molecule has 0 spiro atoms. The van der Waals surface area contributed by atoms with Gasteiger partial charge in [-0.3, -0.25) is 0 Å². The van der Waals surface area contributed by atoms with Crippen molar-refractivity contribution in [2.24, 2.45) is 4.40 Å². The van der Waals surface area contributed by atoms with Crippen molar-refractivity contribution in [1.29, 1.82) is 0 Å². The third kappa shape index (κ3) is 4.41. The van der Waals surface area contributed by atoms with Crippen LogP contribution in [0.5, 0.6) is 0 Å². The van der Waals surface area contributed by atoms with E-state index >= 15 is 0 Å². The molecule has 0 unspecified atom stereocenters. The maximum absolute atomic E-state index is 12.5. The van der Waals surface area contributed by atoms with Gasteiger partial charge in [-0.1, -0.05) is 59.6 Å². The van der Waals surface area contributed by atoms with Gasteiger partial charge in [-0.25, -0.2) is 0 Å². The van der Waals surface area contributed by atoms with E-state index in [1.54, 1.807) is 53.9 Å². The summed E-state index contributed by atoms with van der Waals surface area (Å²) in [5, 5.41) is 5.54. The van der Waals surface area contributed by atoms with E-state index in [1.807, 2.05) is 6.07 Å². The fraction of sp³-hybridized carbons (Fsp3) is 0. The maximum atomic E-state index is 12.5. The van der Waals surface area contributed by atoms with Gasteiger partial charge in [0.05, 0.1) is 10.7 Å². The average Bonchev–Trinajstić information content (AvgIpc) is 3.14. The van der Waals surface area contributed by atoms with Gasteiger partial charge in [0.15, 0.2) is 5.84 Å². The Bertz CT molecular complexity index is 1000. The predicted octanol–water partition coefficient (Wildman–Crippen LogP) is 5.30. The first-order valence-corrected chi connectivity index (χ1v) is 10.2. The first kappa shape index (κ1) is 17.9. The van der Waals surface area contributed by atoms with E-state index in [0.29, 0.717) is 21.3 Å². The van der Waals surface area contributed by atoms with Crippen LogP contribution in [0.4, 0.5) is 5.69 Å². The molecule has 0 aliphatic rings. The molecule has 128 valence electrons. The number of sulfonamides is 1. The Morgan fingerprint density at radius 1 is 1.00 bits per heavy atom. The number of thiophene rings is 1. The molecule has 0 amide bonds. The number of rotatable bonds is 4. The van der Waals surface area contributed by atoms with Crippen molar-refractivity contribution >= 4 is 56.1 Å². The minimum Gasteiger partial charge on any atom is -0.338 e. The highest BCUT2D eigenvalue weighted by Crippen LogP contribution is 2.27. The summed E-state index contributed by atoms with van der Waals surface area (Å²) in [7, 11) is -3.84. The lowest BCUT2D eigenvalue weighted by Crippen LogP contribution is -2.16. The zero-order chi connectivity index (χ0) is 17.9. The summed E-state index contributed by atoms with van der Waals surface area (Å²) < 4.78 is 29.2. The number of hydrogen-bond acceptors (Lipinski definition) is 3. The van der Waals surface area contributed by atoms with Crippen LogP contribution in [0.3, 0.4) is 0 Å². The van der Waals surface area contributed by atoms with Gasteiger partial charge in [-0.2, -0.15) is 8.42 Å². The summed E-state index contributed by atoms with van der Waals surface area (Å²) in [5.74, 6) is 0.165. The Balaban J connectivity index is 2.08. The molecule has 0 radical (unpaired) electrons. The Kier molecular flexibility index (Phi) is 5.44. The molecule has 0 saturated carbocycles. The normalized spacial score (nSPS) is 12.2. The number of halogens is 2. The third-order valence-electron chi connectivity index (χ3n) is 3.19. The van der Waals surface area contributed by atoms with E-state index < -0.39 is 10.0 Å². The number of nitrogens with one attached hydrogen (secondary N) is 1. The highest BCUT2D eigenvalue weighted by molar-refractivity contribution is 7.92. The molecule has 3 aromatic rings. The van der Waals surface area contributed by atoms with Gasteiger partial charge < -0.3 is 5.32 Å². The lowest BCUT2D eigenvalue weighted by molar-refractivity contribution is 0.600. The first-order valence-electron chi connectivity index (χ1n) is 7.12. The lowest BCUT2D eigenvalue weighted by Gasteiger charge is -2.12. The Hall–Kier alpha value is -1.86. The molecule has 0 atom stereocenters. The Morgan fingerprint density at radius 3 is 2.44 bits per heavy atom. The van der Waals surface area contributed by atoms with Crippen molar-refractivity contribution < 1.29 is 8.42 Å². The summed E-state index contributed by atoms with van der Waals surface area (Å²) >= 11 is 13.3. The Morgan fingerprint density at radius 2 is 1.76 bits per heavy atom. The molecule has 3 rings (SSSR count). The summed E-state index contributed by atoms with van der Waals surface area (Å²) in [6, 6.07) is 17.0. The second-order valence-electron chi connectivity index (χ2n) is 4.96. The van der Waals surface area contributed by atoms with Gasteiger partial charge in [0.2, 0.25) is 0 Å². The Labute approximate surface area is 159 Å². The van der Waals surface area contributed by atoms with Crippen molar-refractivity contribution in [2.75, 3.05) is 5.32 Å². The van der Waals surface area contributed by atoms with Gasteiger partial charge >= 0.3 is 0 Å². The molecule has 8 heteroatoms. The van der Waals surface area contributed by atoms with Crippen LogP contribution in [0.1, 0.15) is 5.56 Å². The molecule has 4 nitrogen and oxygen atoms in total. The fourth-order valence-corrected chi connectivity index (χ4v) is 4.32. The SMILES string of the molecule is O=S(=O)(/N=C(/Nc1cc(Cl)ccc1Cl)c1ccccc1)c1cccs1. The van der Waals surface area contributed by atoms with Gasteiger partial charge in [0.25, 0.3) is 10.0 Å². The number of benzene rings is 2. The number of anilines is 1. The van der Waals surface area contributed by atoms with E-state index in [1.165, 1.54) is 6.07 Å². The molecule has 1 aromatic heterocycles. The standard InChI is InChI=1S/C17H12Cl2N2O2S2/c18-13-8-9-14(19)15(11-13)20-17(12-5-2-1-3-6-12)21-25(22,23)16-7-4-10-24-16/h1-11H,(H,20,21). The monoisotopic (exact) mass is 410 g/mol. The van der Waals surface area contributed by atoms with Crippen LogP contribution in [0.25, 0.3) is 0 Å². The van der Waals surface area contributed by atoms with E-state index in [9.17, 15) is 8.42 Å². The first-order chi connectivity index (χ1) is 12.0. The molecular weight excluding hydrogens is 399 g/mol. The van der Waals surface area contributed by atoms with Crippen LogP contribution in [-0.4, -0.2) is 14.3 Å². The van der Waals surface area contributed by atoms with Crippen LogP contribution < -0.4 is 5.32 Å². The quantitative estimate of drug-likeness (QED) is 0.468. The second kappa shape index (κ2) is 7.58. The highest BCUT2D eigenvalue weighted by Gasteiger charge is 2.17. The van der Waals surface area contributed by atoms with E-state index in [-0.39, 0.29) is 10.0 Å².